The fourth-order valence-electron chi connectivity index (χ4n) is 4.05. The number of thiocarbonyl (C=S) groups is 1. The van der Waals surface area contributed by atoms with E-state index >= 15 is 0 Å². The Morgan fingerprint density at radius 3 is 2.19 bits per heavy atom. The topological polar surface area (TPSA) is 21.3 Å². The average molecular weight is 312 g/mol. The van der Waals surface area contributed by atoms with Crippen LogP contribution in [0.15, 0.2) is 0 Å². The highest BCUT2D eigenvalue weighted by molar-refractivity contribution is 7.80. The number of hydrogen-bond donors (Lipinski definition) is 1. The summed E-state index contributed by atoms with van der Waals surface area (Å²) in [4.78, 5) is 1.20. The Morgan fingerprint density at radius 2 is 1.76 bits per heavy atom. The maximum Gasteiger partial charge on any atom is 0.106 e. The monoisotopic (exact) mass is 311 g/mol. The Hall–Kier alpha value is 0.0100. The summed E-state index contributed by atoms with van der Waals surface area (Å²) < 4.78 is 6.11. The van der Waals surface area contributed by atoms with Crippen molar-refractivity contribution in [1.29, 1.82) is 0 Å². The van der Waals surface area contributed by atoms with E-state index in [0.29, 0.717) is 6.04 Å². The van der Waals surface area contributed by atoms with Crippen LogP contribution in [-0.4, -0.2) is 22.7 Å². The molecule has 3 heteroatoms. The highest BCUT2D eigenvalue weighted by Crippen LogP contribution is 2.54. The largest absolute Gasteiger partial charge is 0.358 e. The van der Waals surface area contributed by atoms with Gasteiger partial charge in [0.15, 0.2) is 0 Å². The number of hydrogen-bond acceptors (Lipinski definition) is 3. The molecule has 2 nitrogen and oxygen atoms in total. The van der Waals surface area contributed by atoms with Crippen molar-refractivity contribution in [1.82, 2.24) is 5.32 Å². The predicted molar refractivity (Wildman–Crippen MR) is 93.7 cm³/mol. The third-order valence-electron chi connectivity index (χ3n) is 5.15. The van der Waals surface area contributed by atoms with Crippen LogP contribution >= 0.6 is 12.2 Å². The van der Waals surface area contributed by atoms with E-state index in [0.717, 1.165) is 5.92 Å². The summed E-state index contributed by atoms with van der Waals surface area (Å²) in [6, 6.07) is 0.507. The second kappa shape index (κ2) is 6.64. The van der Waals surface area contributed by atoms with Crippen molar-refractivity contribution in [2.75, 3.05) is 0 Å². The molecule has 1 N–H and O–H groups in total. The van der Waals surface area contributed by atoms with Crippen LogP contribution in [0.5, 0.6) is 0 Å². The van der Waals surface area contributed by atoms with Crippen molar-refractivity contribution in [2.24, 2.45) is 11.3 Å². The van der Waals surface area contributed by atoms with E-state index in [1.807, 2.05) is 0 Å². The number of nitrogens with one attached hydrogen (secondary N) is 1. The molecular weight excluding hydrogens is 278 g/mol. The van der Waals surface area contributed by atoms with E-state index in [1.165, 1.54) is 49.8 Å². The van der Waals surface area contributed by atoms with E-state index in [2.05, 4.69) is 39.9 Å². The Kier molecular flexibility index (Phi) is 5.49. The Balaban J connectivity index is 2.07. The molecule has 0 radical (unpaired) electrons. The number of ether oxygens (including phenoxy) is 1. The first kappa shape index (κ1) is 17.4. The Labute approximate surface area is 136 Å². The molecular formula is C18H33NOS. The van der Waals surface area contributed by atoms with Crippen molar-refractivity contribution < 1.29 is 4.74 Å². The van der Waals surface area contributed by atoms with Gasteiger partial charge in [-0.05, 0) is 71.1 Å². The maximum absolute atomic E-state index is 6.11. The molecule has 0 amide bonds. The van der Waals surface area contributed by atoms with E-state index < -0.39 is 0 Å². The van der Waals surface area contributed by atoms with Gasteiger partial charge in [-0.15, -0.1) is 0 Å². The molecule has 2 unspecified atom stereocenters. The predicted octanol–water partition coefficient (Wildman–Crippen LogP) is 4.86. The molecule has 122 valence electrons. The number of rotatable bonds is 6. The van der Waals surface area contributed by atoms with E-state index in [4.69, 9.17) is 17.0 Å². The van der Waals surface area contributed by atoms with Crippen LogP contribution in [0.25, 0.3) is 0 Å². The van der Waals surface area contributed by atoms with Gasteiger partial charge < -0.3 is 4.74 Å². The van der Waals surface area contributed by atoms with Gasteiger partial charge in [-0.25, -0.2) is 0 Å². The summed E-state index contributed by atoms with van der Waals surface area (Å²) in [5, 5.41) is 3.82. The fourth-order valence-corrected chi connectivity index (χ4v) is 4.38. The van der Waals surface area contributed by atoms with Gasteiger partial charge in [-0.3, -0.25) is 5.32 Å². The van der Waals surface area contributed by atoms with Gasteiger partial charge in [0.05, 0.1) is 5.60 Å². The molecule has 0 aliphatic heterocycles. The van der Waals surface area contributed by atoms with Crippen molar-refractivity contribution in [3.05, 3.63) is 0 Å². The highest BCUT2D eigenvalue weighted by atomic mass is 32.1. The SMILES string of the molecule is CC(=S)C1(C(NC(C)OC(C)(C)C)C2CCCCC2)CC1. The third-order valence-corrected chi connectivity index (χ3v) is 5.56. The van der Waals surface area contributed by atoms with Gasteiger partial charge in [0, 0.05) is 11.5 Å². The zero-order valence-corrected chi connectivity index (χ0v) is 15.3. The average Bonchev–Trinajstić information content (AvgIpc) is 3.16. The minimum absolute atomic E-state index is 0.0868. The van der Waals surface area contributed by atoms with Crippen molar-refractivity contribution in [3.63, 3.8) is 0 Å². The third kappa shape index (κ3) is 4.49. The summed E-state index contributed by atoms with van der Waals surface area (Å²) in [6.07, 6.45) is 9.48. The molecule has 0 aromatic heterocycles. The Bertz CT molecular complexity index is 364. The van der Waals surface area contributed by atoms with Crippen LogP contribution in [0.1, 0.15) is 79.6 Å². The van der Waals surface area contributed by atoms with Gasteiger partial charge in [0.2, 0.25) is 0 Å². The first-order valence-corrected chi connectivity index (χ1v) is 9.10. The molecule has 0 aromatic rings. The molecule has 0 heterocycles. The lowest BCUT2D eigenvalue weighted by molar-refractivity contribution is -0.0761. The van der Waals surface area contributed by atoms with E-state index in [-0.39, 0.29) is 17.2 Å². The molecule has 2 aliphatic carbocycles. The van der Waals surface area contributed by atoms with Gasteiger partial charge in [0.1, 0.15) is 6.23 Å². The van der Waals surface area contributed by atoms with Crippen molar-refractivity contribution >= 4 is 17.1 Å². The molecule has 2 aliphatic rings. The van der Waals surface area contributed by atoms with E-state index in [1.54, 1.807) is 0 Å². The molecule has 0 saturated heterocycles. The summed E-state index contributed by atoms with van der Waals surface area (Å²) in [5.74, 6) is 0.769. The highest BCUT2D eigenvalue weighted by Gasteiger charge is 2.53. The summed E-state index contributed by atoms with van der Waals surface area (Å²) in [6.45, 7) is 10.7. The molecule has 2 atom stereocenters. The summed E-state index contributed by atoms with van der Waals surface area (Å²) >= 11 is 5.62. The Morgan fingerprint density at radius 1 is 1.19 bits per heavy atom. The van der Waals surface area contributed by atoms with Crippen LogP contribution in [0.4, 0.5) is 0 Å². The van der Waals surface area contributed by atoms with Gasteiger partial charge in [-0.2, -0.15) is 0 Å². The zero-order valence-electron chi connectivity index (χ0n) is 14.5. The first-order valence-electron chi connectivity index (χ1n) is 8.69. The van der Waals surface area contributed by atoms with Gasteiger partial charge >= 0.3 is 0 Å². The lowest BCUT2D eigenvalue weighted by atomic mass is 9.76. The second-order valence-electron chi connectivity index (χ2n) is 8.13. The minimum atomic E-state index is -0.104. The molecule has 21 heavy (non-hydrogen) atoms. The molecule has 0 bridgehead atoms. The quantitative estimate of drug-likeness (QED) is 0.559. The van der Waals surface area contributed by atoms with Crippen LogP contribution < -0.4 is 5.32 Å². The van der Waals surface area contributed by atoms with Crippen LogP contribution in [0.3, 0.4) is 0 Å². The minimum Gasteiger partial charge on any atom is -0.358 e. The maximum atomic E-state index is 6.11. The zero-order chi connectivity index (χ0) is 15.7. The van der Waals surface area contributed by atoms with E-state index in [9.17, 15) is 0 Å². The lowest BCUT2D eigenvalue weighted by Crippen LogP contribution is -2.52. The lowest BCUT2D eigenvalue weighted by Gasteiger charge is -2.39. The van der Waals surface area contributed by atoms with Crippen LogP contribution in [-0.2, 0) is 4.74 Å². The fraction of sp³-hybridized carbons (Fsp3) is 0.944. The van der Waals surface area contributed by atoms with Crippen molar-refractivity contribution in [3.8, 4) is 0 Å². The molecule has 2 rings (SSSR count). The normalized spacial score (nSPS) is 25.4. The second-order valence-corrected chi connectivity index (χ2v) is 8.74. The molecule has 2 fully saturated rings. The molecule has 2 saturated carbocycles. The van der Waals surface area contributed by atoms with Gasteiger partial charge in [-0.1, -0.05) is 31.5 Å². The molecule has 0 aromatic carbocycles. The van der Waals surface area contributed by atoms with Gasteiger partial charge in [0.25, 0.3) is 0 Å². The summed E-state index contributed by atoms with van der Waals surface area (Å²) in [5.41, 5.74) is 0.166. The first-order chi connectivity index (χ1) is 9.74. The van der Waals surface area contributed by atoms with Crippen molar-refractivity contribution in [2.45, 2.75) is 97.4 Å². The molecule has 0 spiro atoms. The van der Waals surface area contributed by atoms with Crippen LogP contribution in [0.2, 0.25) is 0 Å². The summed E-state index contributed by atoms with van der Waals surface area (Å²) in [7, 11) is 0. The smallest absolute Gasteiger partial charge is 0.106 e. The standard InChI is InChI=1S/C18H33NOS/c1-13(21)18(11-12-18)16(15-9-7-6-8-10-15)19-14(2)20-17(3,4)5/h14-16,19H,6-12H2,1-5H3. The van der Waals surface area contributed by atoms with Crippen LogP contribution in [0, 0.1) is 11.3 Å².